The zero-order valence-electron chi connectivity index (χ0n) is 24.7. The highest BCUT2D eigenvalue weighted by molar-refractivity contribution is 5.97. The Morgan fingerprint density at radius 3 is 2.35 bits per heavy atom. The van der Waals surface area contributed by atoms with E-state index in [1.165, 1.54) is 12.1 Å². The monoisotopic (exact) mass is 623 g/mol. The second-order valence-electron chi connectivity index (χ2n) is 10.7. The van der Waals surface area contributed by atoms with Crippen LogP contribution < -0.4 is 20.7 Å². The summed E-state index contributed by atoms with van der Waals surface area (Å²) in [6.45, 7) is 1.53. The Morgan fingerprint density at radius 1 is 0.935 bits per heavy atom. The Balaban J connectivity index is 1.15. The van der Waals surface area contributed by atoms with Crippen molar-refractivity contribution in [1.29, 1.82) is 0 Å². The SMILES string of the molecule is COc1cc(C(=O)N2CCCC2)ccc1Nc1nc2ccc(-c3ccc(NC(=O)[C@H](NC(=O)O)c4ccc(F)cc4)cc3)cn2n1. The quantitative estimate of drug-likeness (QED) is 0.169. The largest absolute Gasteiger partial charge is 0.495 e. The summed E-state index contributed by atoms with van der Waals surface area (Å²) in [5, 5.41) is 21.8. The maximum Gasteiger partial charge on any atom is 0.405 e. The molecule has 1 fully saturated rings. The number of hydrogen-bond donors (Lipinski definition) is 4. The summed E-state index contributed by atoms with van der Waals surface area (Å²) in [5.74, 6) is -0.282. The van der Waals surface area contributed by atoms with Crippen LogP contribution in [0.1, 0.15) is 34.8 Å². The van der Waals surface area contributed by atoms with Gasteiger partial charge >= 0.3 is 6.09 Å². The van der Waals surface area contributed by atoms with Gasteiger partial charge in [-0.3, -0.25) is 9.59 Å². The average Bonchev–Trinajstić information content (AvgIpc) is 3.74. The molecule has 1 aliphatic rings. The van der Waals surface area contributed by atoms with E-state index in [0.717, 1.165) is 49.2 Å². The van der Waals surface area contributed by atoms with Gasteiger partial charge in [-0.25, -0.2) is 13.7 Å². The molecule has 0 saturated carbocycles. The molecule has 46 heavy (non-hydrogen) atoms. The van der Waals surface area contributed by atoms with Crippen molar-refractivity contribution in [3.63, 3.8) is 0 Å². The number of aromatic nitrogens is 3. The average molecular weight is 624 g/mol. The molecule has 0 spiro atoms. The molecule has 12 nitrogen and oxygen atoms in total. The first-order chi connectivity index (χ1) is 22.3. The van der Waals surface area contributed by atoms with E-state index in [-0.39, 0.29) is 5.91 Å². The van der Waals surface area contributed by atoms with Crippen LogP contribution in [0.3, 0.4) is 0 Å². The third-order valence-electron chi connectivity index (χ3n) is 7.64. The van der Waals surface area contributed by atoms with Crippen LogP contribution in [0.4, 0.5) is 26.5 Å². The highest BCUT2D eigenvalue weighted by atomic mass is 19.1. The number of carbonyl (C=O) groups is 3. The lowest BCUT2D eigenvalue weighted by atomic mass is 10.1. The number of ether oxygens (including phenoxy) is 1. The third kappa shape index (κ3) is 6.58. The number of amides is 3. The first-order valence-corrected chi connectivity index (χ1v) is 14.5. The molecule has 234 valence electrons. The number of rotatable bonds is 9. The van der Waals surface area contributed by atoms with E-state index in [1.807, 2.05) is 23.2 Å². The summed E-state index contributed by atoms with van der Waals surface area (Å²) in [6.07, 6.45) is 2.46. The standard InChI is InChI=1S/C33H30FN7O5/c1-46-27-18-22(31(43)40-16-2-3-17-40)8-14-26(27)36-32-37-28-15-9-23(19-41(28)39-32)20-6-12-25(13-7-20)35-30(42)29(38-33(44)45)21-4-10-24(34)11-5-21/h4-15,18-19,29,38H,2-3,16-17H2,1H3,(H,35,42)(H,36,39)(H,44,45)/t29-/m1/s1. The molecule has 0 aliphatic carbocycles. The summed E-state index contributed by atoms with van der Waals surface area (Å²) in [4.78, 5) is 43.4. The van der Waals surface area contributed by atoms with Gasteiger partial charge in [0.15, 0.2) is 5.65 Å². The number of pyridine rings is 1. The van der Waals surface area contributed by atoms with E-state index in [9.17, 15) is 23.9 Å². The second-order valence-corrected chi connectivity index (χ2v) is 10.7. The first kappa shape index (κ1) is 30.1. The fraction of sp³-hybridized carbons (Fsp3) is 0.182. The van der Waals surface area contributed by atoms with Crippen LogP contribution >= 0.6 is 0 Å². The topological polar surface area (TPSA) is 150 Å². The van der Waals surface area contributed by atoms with Crippen LogP contribution in [0.2, 0.25) is 0 Å². The van der Waals surface area contributed by atoms with E-state index >= 15 is 0 Å². The molecule has 6 rings (SSSR count). The van der Waals surface area contributed by atoms with Gasteiger partial charge in [-0.1, -0.05) is 24.3 Å². The van der Waals surface area contributed by atoms with Crippen LogP contribution in [-0.4, -0.2) is 62.7 Å². The Labute approximate surface area is 262 Å². The van der Waals surface area contributed by atoms with Gasteiger partial charge < -0.3 is 30.7 Å². The number of nitrogens with one attached hydrogen (secondary N) is 3. The minimum Gasteiger partial charge on any atom is -0.495 e. The second kappa shape index (κ2) is 12.9. The van der Waals surface area contributed by atoms with Gasteiger partial charge in [-0.05, 0) is 78.6 Å². The summed E-state index contributed by atoms with van der Waals surface area (Å²) >= 11 is 0. The van der Waals surface area contributed by atoms with Gasteiger partial charge in [-0.15, -0.1) is 5.10 Å². The number of likely N-dealkylation sites (tertiary alicyclic amines) is 1. The lowest BCUT2D eigenvalue weighted by Gasteiger charge is -2.17. The van der Waals surface area contributed by atoms with Crippen molar-refractivity contribution in [2.75, 3.05) is 30.8 Å². The smallest absolute Gasteiger partial charge is 0.405 e. The predicted octanol–water partition coefficient (Wildman–Crippen LogP) is 5.47. The fourth-order valence-electron chi connectivity index (χ4n) is 5.30. The number of carboxylic acid groups (broad SMARTS) is 1. The molecule has 0 unspecified atom stereocenters. The van der Waals surface area contributed by atoms with Crippen LogP contribution in [0.15, 0.2) is 85.1 Å². The van der Waals surface area contributed by atoms with Crippen molar-refractivity contribution < 1.29 is 28.6 Å². The third-order valence-corrected chi connectivity index (χ3v) is 7.64. The van der Waals surface area contributed by atoms with Crippen LogP contribution in [0.5, 0.6) is 5.75 Å². The maximum absolute atomic E-state index is 13.4. The highest BCUT2D eigenvalue weighted by Crippen LogP contribution is 2.30. The van der Waals surface area contributed by atoms with E-state index in [2.05, 4.69) is 26.0 Å². The molecule has 3 amide bonds. The van der Waals surface area contributed by atoms with E-state index in [1.54, 1.807) is 54.1 Å². The van der Waals surface area contributed by atoms with Gasteiger partial charge in [0.2, 0.25) is 5.95 Å². The zero-order valence-corrected chi connectivity index (χ0v) is 24.7. The van der Waals surface area contributed by atoms with Crippen molar-refractivity contribution in [2.45, 2.75) is 18.9 Å². The van der Waals surface area contributed by atoms with Crippen molar-refractivity contribution >= 4 is 40.9 Å². The fourth-order valence-corrected chi connectivity index (χ4v) is 5.30. The van der Waals surface area contributed by atoms with Gasteiger partial charge in [-0.2, -0.15) is 4.98 Å². The molecule has 4 N–H and O–H groups in total. The minimum atomic E-state index is -1.39. The Hall–Kier alpha value is -5.98. The van der Waals surface area contributed by atoms with E-state index in [0.29, 0.717) is 39.8 Å². The predicted molar refractivity (Wildman–Crippen MR) is 169 cm³/mol. The van der Waals surface area contributed by atoms with Crippen LogP contribution in [0, 0.1) is 5.82 Å². The van der Waals surface area contributed by atoms with Crippen molar-refractivity contribution in [2.24, 2.45) is 0 Å². The number of hydrogen-bond acceptors (Lipinski definition) is 7. The number of benzene rings is 3. The molecule has 1 saturated heterocycles. The van der Waals surface area contributed by atoms with E-state index in [4.69, 9.17) is 4.74 Å². The van der Waals surface area contributed by atoms with Crippen LogP contribution in [0.25, 0.3) is 16.8 Å². The molecule has 2 aromatic heterocycles. The van der Waals surface area contributed by atoms with Crippen molar-refractivity contribution in [3.05, 3.63) is 102 Å². The number of carbonyl (C=O) groups excluding carboxylic acids is 2. The van der Waals surface area contributed by atoms with Gasteiger partial charge in [0.25, 0.3) is 11.8 Å². The van der Waals surface area contributed by atoms with Crippen LogP contribution in [-0.2, 0) is 4.79 Å². The number of methoxy groups -OCH3 is 1. The van der Waals surface area contributed by atoms with Gasteiger partial charge in [0.05, 0.1) is 12.8 Å². The van der Waals surface area contributed by atoms with Gasteiger partial charge in [0.1, 0.15) is 17.6 Å². The maximum atomic E-state index is 13.4. The minimum absolute atomic E-state index is 0.0134. The first-order valence-electron chi connectivity index (χ1n) is 14.5. The molecule has 3 heterocycles. The Morgan fingerprint density at radius 2 is 1.65 bits per heavy atom. The highest BCUT2D eigenvalue weighted by Gasteiger charge is 2.23. The molecular formula is C33H30FN7O5. The summed E-state index contributed by atoms with van der Waals surface area (Å²) in [5.41, 5.74) is 4.21. The number of anilines is 3. The molecule has 13 heteroatoms. The zero-order chi connectivity index (χ0) is 32.2. The van der Waals surface area contributed by atoms with Crippen molar-refractivity contribution in [3.8, 4) is 16.9 Å². The number of fused-ring (bicyclic) bond motifs is 1. The molecule has 1 aliphatic heterocycles. The molecule has 5 aromatic rings. The number of halogens is 1. The number of nitrogens with zero attached hydrogens (tertiary/aromatic N) is 4. The molecule has 1 atom stereocenters. The Bertz CT molecular complexity index is 1900. The van der Waals surface area contributed by atoms with Gasteiger partial charge in [0, 0.05) is 36.1 Å². The molecule has 0 bridgehead atoms. The van der Waals surface area contributed by atoms with Crippen molar-refractivity contribution in [1.82, 2.24) is 24.8 Å². The van der Waals surface area contributed by atoms with E-state index < -0.39 is 23.9 Å². The molecule has 0 radical (unpaired) electrons. The summed E-state index contributed by atoms with van der Waals surface area (Å²) < 4.78 is 20.5. The summed E-state index contributed by atoms with van der Waals surface area (Å²) in [6, 6.07) is 19.8. The molecular weight excluding hydrogens is 593 g/mol. The normalized spacial score (nSPS) is 13.3. The lowest BCUT2D eigenvalue weighted by Crippen LogP contribution is -2.36. The Kier molecular flexibility index (Phi) is 8.46. The molecule has 3 aromatic carbocycles. The summed E-state index contributed by atoms with van der Waals surface area (Å²) in [7, 11) is 1.54. The lowest BCUT2D eigenvalue weighted by molar-refractivity contribution is -0.118.